The summed E-state index contributed by atoms with van der Waals surface area (Å²) < 4.78 is 17.1. The van der Waals surface area contributed by atoms with Crippen LogP contribution in [0.1, 0.15) is 75.6 Å². The van der Waals surface area contributed by atoms with E-state index in [1.165, 1.54) is 18.2 Å². The molecule has 0 saturated heterocycles. The topological polar surface area (TPSA) is 188 Å². The van der Waals surface area contributed by atoms with E-state index in [1.54, 1.807) is 44.3 Å². The zero-order valence-electron chi connectivity index (χ0n) is 40.6. The fourth-order valence-electron chi connectivity index (χ4n) is 6.85. The first-order valence-corrected chi connectivity index (χ1v) is 22.9. The summed E-state index contributed by atoms with van der Waals surface area (Å²) in [6.45, 7) is 8.73. The first-order chi connectivity index (χ1) is 34.9. The van der Waals surface area contributed by atoms with Crippen molar-refractivity contribution in [3.63, 3.8) is 0 Å². The van der Waals surface area contributed by atoms with Crippen LogP contribution in [-0.2, 0) is 26.4 Å². The van der Waals surface area contributed by atoms with Gasteiger partial charge in [-0.15, -0.1) is 0 Å². The van der Waals surface area contributed by atoms with E-state index in [-0.39, 0.29) is 23.5 Å². The number of carboxylic acids is 2. The van der Waals surface area contributed by atoms with Gasteiger partial charge in [0.1, 0.15) is 54.8 Å². The number of aromatic amines is 1. The Balaban J connectivity index is 0.000000170. The van der Waals surface area contributed by atoms with Crippen molar-refractivity contribution in [3.8, 4) is 23.0 Å². The molecule has 0 unspecified atom stereocenters. The van der Waals surface area contributed by atoms with E-state index in [9.17, 15) is 19.5 Å². The number of aromatic nitrogens is 2. The van der Waals surface area contributed by atoms with Gasteiger partial charge in [-0.1, -0.05) is 127 Å². The molecule has 0 aliphatic heterocycles. The lowest BCUT2D eigenvalue weighted by Gasteiger charge is -2.11. The summed E-state index contributed by atoms with van der Waals surface area (Å²) in [7, 11) is 0. The molecule has 0 saturated carbocycles. The van der Waals surface area contributed by atoms with Crippen molar-refractivity contribution in [2.45, 2.75) is 54.1 Å². The van der Waals surface area contributed by atoms with Crippen molar-refractivity contribution in [1.82, 2.24) is 9.97 Å². The standard InChI is InChI=1S/C15H14O3.C15H16O2.C15H14O2.C8H8O3.C7H6N2/c1-11-13(15(16)17)8-5-9-14(11)18-10-12-6-3-2-4-7-12;2*1-12-14(10-16)8-5-9-15(12)17-11-13-6-3-2-4-7-13;1-5-6(8(10)11)3-2-4-7(5)9;1-2-6-3-5-9-7(6)8-4-1/h2-9H,10H2,1H3,(H,16,17);2-9,16H,10-11H2,1H3;2-10H,11H2,1H3;2-4,9H,1H3,(H,10,11);1-5H,(H,8,9). The monoisotopic (exact) mass is 966 g/mol. The summed E-state index contributed by atoms with van der Waals surface area (Å²) in [5, 5.41) is 37.0. The number of aromatic carboxylic acids is 2. The molecule has 0 spiro atoms. The summed E-state index contributed by atoms with van der Waals surface area (Å²) in [6, 6.07) is 56.4. The van der Waals surface area contributed by atoms with Gasteiger partial charge in [0, 0.05) is 40.0 Å². The van der Waals surface area contributed by atoms with Crippen LogP contribution in [0.15, 0.2) is 194 Å². The number of carbonyl (C=O) groups is 3. The summed E-state index contributed by atoms with van der Waals surface area (Å²) in [5.41, 5.74) is 9.22. The largest absolute Gasteiger partial charge is 0.508 e. The number of phenols is 1. The molecule has 2 heterocycles. The van der Waals surface area contributed by atoms with Crippen molar-refractivity contribution in [3.05, 3.63) is 256 Å². The molecule has 7 aromatic carbocycles. The minimum atomic E-state index is -1.02. The number of rotatable bonds is 13. The minimum absolute atomic E-state index is 0.0184. The van der Waals surface area contributed by atoms with E-state index in [0.717, 1.165) is 62.2 Å². The Hall–Kier alpha value is -9.00. The Kier molecular flexibility index (Phi) is 21.3. The maximum atomic E-state index is 11.0. The van der Waals surface area contributed by atoms with Crippen LogP contribution in [0, 0.1) is 27.7 Å². The Bertz CT molecular complexity index is 3070. The van der Waals surface area contributed by atoms with Crippen LogP contribution in [0.25, 0.3) is 11.0 Å². The lowest BCUT2D eigenvalue weighted by atomic mass is 10.1. The van der Waals surface area contributed by atoms with E-state index in [4.69, 9.17) is 29.5 Å². The SMILES string of the molecule is Cc1c(C=O)cccc1OCc1ccccc1.Cc1c(CO)cccc1OCc1ccccc1.Cc1c(O)cccc1C(=O)O.Cc1c(OCc2ccccc2)cccc1C(=O)O.c1cnc2[nH]ccc2c1. The number of phenolic OH excluding ortho intramolecular Hbond substituents is 1. The Morgan fingerprint density at radius 1 is 0.514 bits per heavy atom. The van der Waals surface area contributed by atoms with Crippen LogP contribution in [0.2, 0.25) is 0 Å². The molecule has 0 aliphatic carbocycles. The molecule has 72 heavy (non-hydrogen) atoms. The lowest BCUT2D eigenvalue weighted by molar-refractivity contribution is 0.0684. The van der Waals surface area contributed by atoms with Gasteiger partial charge in [0.25, 0.3) is 0 Å². The maximum absolute atomic E-state index is 11.0. The highest BCUT2D eigenvalue weighted by molar-refractivity contribution is 5.90. The van der Waals surface area contributed by atoms with Gasteiger partial charge in [-0.25, -0.2) is 14.6 Å². The predicted octanol–water partition coefficient (Wildman–Crippen LogP) is 12.7. The quantitative estimate of drug-likeness (QED) is 0.0692. The molecule has 0 radical (unpaired) electrons. The van der Waals surface area contributed by atoms with Crippen molar-refractivity contribution < 1.29 is 49.0 Å². The number of pyridine rings is 1. The van der Waals surface area contributed by atoms with Crippen LogP contribution in [-0.4, -0.2) is 48.6 Å². The normalized spacial score (nSPS) is 10.0. The van der Waals surface area contributed by atoms with Gasteiger partial charge in [0.2, 0.25) is 0 Å². The number of hydrogen-bond acceptors (Lipinski definition) is 9. The van der Waals surface area contributed by atoms with Crippen molar-refractivity contribution in [1.29, 1.82) is 0 Å². The number of carbonyl (C=O) groups excluding carboxylic acids is 1. The number of nitrogens with one attached hydrogen (secondary N) is 1. The van der Waals surface area contributed by atoms with E-state index >= 15 is 0 Å². The second-order valence-corrected chi connectivity index (χ2v) is 16.0. The van der Waals surface area contributed by atoms with Gasteiger partial charge in [0.15, 0.2) is 0 Å². The fourth-order valence-corrected chi connectivity index (χ4v) is 6.85. The molecule has 12 heteroatoms. The molecule has 12 nitrogen and oxygen atoms in total. The lowest BCUT2D eigenvalue weighted by Crippen LogP contribution is -2.03. The molecule has 0 atom stereocenters. The number of hydrogen-bond donors (Lipinski definition) is 5. The summed E-state index contributed by atoms with van der Waals surface area (Å²) in [5.74, 6) is 0.276. The van der Waals surface area contributed by atoms with Gasteiger partial charge < -0.3 is 39.6 Å². The molecular weight excluding hydrogens is 909 g/mol. The van der Waals surface area contributed by atoms with Crippen molar-refractivity contribution in [2.24, 2.45) is 0 Å². The highest BCUT2D eigenvalue weighted by atomic mass is 16.5. The highest BCUT2D eigenvalue weighted by Crippen LogP contribution is 2.25. The molecule has 5 N–H and O–H groups in total. The average Bonchev–Trinajstić information content (AvgIpc) is 3.89. The fraction of sp³-hybridized carbons (Fsp3) is 0.133. The molecule has 368 valence electrons. The third-order valence-corrected chi connectivity index (χ3v) is 11.1. The van der Waals surface area contributed by atoms with Gasteiger partial charge in [-0.05, 0) is 110 Å². The zero-order valence-corrected chi connectivity index (χ0v) is 40.6. The summed E-state index contributed by atoms with van der Waals surface area (Å²) in [4.78, 5) is 39.3. The van der Waals surface area contributed by atoms with E-state index in [1.807, 2.05) is 160 Å². The van der Waals surface area contributed by atoms with Crippen LogP contribution < -0.4 is 14.2 Å². The molecule has 9 rings (SSSR count). The van der Waals surface area contributed by atoms with E-state index in [0.29, 0.717) is 42.3 Å². The van der Waals surface area contributed by atoms with Crippen molar-refractivity contribution in [2.75, 3.05) is 0 Å². The zero-order chi connectivity index (χ0) is 51.7. The Morgan fingerprint density at radius 2 is 0.972 bits per heavy atom. The number of aliphatic hydroxyl groups is 1. The number of H-pyrrole nitrogens is 1. The van der Waals surface area contributed by atoms with Crippen LogP contribution in [0.4, 0.5) is 0 Å². The predicted molar refractivity (Wildman–Crippen MR) is 280 cm³/mol. The van der Waals surface area contributed by atoms with Gasteiger partial charge in [-0.3, -0.25) is 4.79 Å². The average molecular weight is 967 g/mol. The molecule has 9 aromatic rings. The van der Waals surface area contributed by atoms with Gasteiger partial charge in [0.05, 0.1) is 17.7 Å². The molecule has 0 aliphatic rings. The molecule has 0 bridgehead atoms. The smallest absolute Gasteiger partial charge is 0.336 e. The number of fused-ring (bicyclic) bond motifs is 1. The van der Waals surface area contributed by atoms with Crippen LogP contribution >= 0.6 is 0 Å². The summed E-state index contributed by atoms with van der Waals surface area (Å²) >= 11 is 0. The molecule has 0 amide bonds. The molecule has 0 fully saturated rings. The number of carboxylic acid groups (broad SMARTS) is 2. The third kappa shape index (κ3) is 16.6. The maximum Gasteiger partial charge on any atom is 0.336 e. The second kappa shape index (κ2) is 28.5. The number of aldehydes is 1. The molecular formula is C60H58N2O10. The van der Waals surface area contributed by atoms with Crippen LogP contribution in [0.5, 0.6) is 23.0 Å². The van der Waals surface area contributed by atoms with E-state index in [2.05, 4.69) is 9.97 Å². The third-order valence-electron chi connectivity index (χ3n) is 11.1. The highest BCUT2D eigenvalue weighted by Gasteiger charge is 2.11. The summed E-state index contributed by atoms with van der Waals surface area (Å²) in [6.07, 6.45) is 4.52. The Labute approximate surface area is 419 Å². The first-order valence-electron chi connectivity index (χ1n) is 22.9. The van der Waals surface area contributed by atoms with Gasteiger partial charge >= 0.3 is 11.9 Å². The van der Waals surface area contributed by atoms with Crippen LogP contribution in [0.3, 0.4) is 0 Å². The number of aromatic hydroxyl groups is 1. The van der Waals surface area contributed by atoms with E-state index < -0.39 is 11.9 Å². The number of benzene rings is 7. The van der Waals surface area contributed by atoms with Gasteiger partial charge in [-0.2, -0.15) is 0 Å². The second-order valence-electron chi connectivity index (χ2n) is 16.0. The Morgan fingerprint density at radius 3 is 1.44 bits per heavy atom. The van der Waals surface area contributed by atoms with Crippen molar-refractivity contribution >= 4 is 29.3 Å². The minimum Gasteiger partial charge on any atom is -0.508 e. The number of aliphatic hydroxyl groups excluding tert-OH is 1. The number of ether oxygens (including phenoxy) is 3. The first kappa shape index (κ1) is 53.9. The number of nitrogens with zero attached hydrogens (tertiary/aromatic N) is 1. The molecule has 2 aromatic heterocycles.